The third kappa shape index (κ3) is 26.6. The monoisotopic (exact) mass is 621 g/mol. The Bertz CT molecular complexity index is 605. The van der Waals surface area contributed by atoms with E-state index in [2.05, 4.69) is 20.8 Å². The van der Waals surface area contributed by atoms with Crippen molar-refractivity contribution in [1.29, 1.82) is 0 Å². The second-order valence-electron chi connectivity index (χ2n) is 15.0. The van der Waals surface area contributed by atoms with Gasteiger partial charge in [-0.3, -0.25) is 4.79 Å². The molecule has 0 aromatic rings. The molecule has 3 heteroatoms. The van der Waals surface area contributed by atoms with Crippen molar-refractivity contribution in [2.75, 3.05) is 7.11 Å². The van der Waals surface area contributed by atoms with Gasteiger partial charge >= 0.3 is 5.97 Å². The minimum Gasteiger partial charge on any atom is -0.469 e. The van der Waals surface area contributed by atoms with Crippen LogP contribution in [0.3, 0.4) is 0 Å². The lowest BCUT2D eigenvalue weighted by molar-refractivity contribution is -0.140. The average molecular weight is 621 g/mol. The zero-order chi connectivity index (χ0) is 31.9. The quantitative estimate of drug-likeness (QED) is 0.0554. The van der Waals surface area contributed by atoms with Gasteiger partial charge in [0, 0.05) is 6.42 Å². The fraction of sp³-hybridized carbons (Fsp3) is 0.976. The molecule has 1 aliphatic rings. The molecule has 1 rings (SSSR count). The number of esters is 1. The van der Waals surface area contributed by atoms with E-state index in [1.807, 2.05) is 0 Å². The van der Waals surface area contributed by atoms with Crippen LogP contribution in [0.2, 0.25) is 0 Å². The lowest BCUT2D eigenvalue weighted by Crippen LogP contribution is -2.27. The van der Waals surface area contributed by atoms with Gasteiger partial charge in [-0.25, -0.2) is 0 Å². The largest absolute Gasteiger partial charge is 0.469 e. The number of unbranched alkanes of at least 4 members (excludes halogenated alkanes) is 21. The fourth-order valence-electron chi connectivity index (χ4n) is 7.34. The number of carbonyl (C=O) groups is 1. The molecule has 262 valence electrons. The molecule has 1 heterocycles. The zero-order valence-corrected chi connectivity index (χ0v) is 30.7. The summed E-state index contributed by atoms with van der Waals surface area (Å²) in [5, 5.41) is 0. The van der Waals surface area contributed by atoms with Gasteiger partial charge in [-0.1, -0.05) is 175 Å². The van der Waals surface area contributed by atoms with Crippen molar-refractivity contribution in [3.05, 3.63) is 0 Å². The lowest BCUT2D eigenvalue weighted by atomic mass is 9.91. The maximum absolute atomic E-state index is 11.1. The average Bonchev–Trinajstić information content (AvgIpc) is 3.03. The van der Waals surface area contributed by atoms with Crippen molar-refractivity contribution < 1.29 is 14.3 Å². The Morgan fingerprint density at radius 1 is 0.591 bits per heavy atom. The van der Waals surface area contributed by atoms with Crippen LogP contribution in [0.15, 0.2) is 0 Å². The molecule has 4 atom stereocenters. The van der Waals surface area contributed by atoms with Crippen molar-refractivity contribution in [3.63, 3.8) is 0 Å². The normalized spacial score (nSPS) is 18.4. The number of methoxy groups -OCH3 is 1. The van der Waals surface area contributed by atoms with Crippen molar-refractivity contribution in [2.24, 2.45) is 11.8 Å². The Kier molecular flexibility index (Phi) is 29.3. The van der Waals surface area contributed by atoms with Crippen LogP contribution >= 0.6 is 0 Å². The molecule has 3 nitrogen and oxygen atoms in total. The molecule has 0 amide bonds. The Labute approximate surface area is 277 Å². The van der Waals surface area contributed by atoms with Gasteiger partial charge < -0.3 is 9.47 Å². The van der Waals surface area contributed by atoms with Gasteiger partial charge in [0.15, 0.2) is 0 Å². The molecular weight excluding hydrogens is 540 g/mol. The van der Waals surface area contributed by atoms with E-state index in [1.165, 1.54) is 193 Å². The highest BCUT2D eigenvalue weighted by atomic mass is 16.5. The summed E-state index contributed by atoms with van der Waals surface area (Å²) >= 11 is 0. The van der Waals surface area contributed by atoms with E-state index in [0.717, 1.165) is 24.7 Å². The molecule has 0 spiro atoms. The zero-order valence-electron chi connectivity index (χ0n) is 30.7. The van der Waals surface area contributed by atoms with Gasteiger partial charge in [0.05, 0.1) is 19.3 Å². The predicted octanol–water partition coefficient (Wildman–Crippen LogP) is 13.7. The maximum atomic E-state index is 11.1. The van der Waals surface area contributed by atoms with Crippen LogP contribution in [0, 0.1) is 11.8 Å². The third-order valence-corrected chi connectivity index (χ3v) is 10.5. The van der Waals surface area contributed by atoms with Gasteiger partial charge in [0.25, 0.3) is 0 Å². The van der Waals surface area contributed by atoms with Crippen LogP contribution in [0.5, 0.6) is 0 Å². The van der Waals surface area contributed by atoms with Crippen LogP contribution in [-0.4, -0.2) is 25.3 Å². The molecule has 1 fully saturated rings. The summed E-state index contributed by atoms with van der Waals surface area (Å²) in [6.45, 7) is 7.20. The maximum Gasteiger partial charge on any atom is 0.305 e. The molecular formula is C41H80O3. The van der Waals surface area contributed by atoms with Crippen molar-refractivity contribution in [2.45, 2.75) is 238 Å². The first kappa shape index (κ1) is 41.5. The Balaban J connectivity index is 1.80. The Morgan fingerprint density at radius 3 is 1.39 bits per heavy atom. The summed E-state index contributed by atoms with van der Waals surface area (Å²) in [7, 11) is 1.48. The smallest absolute Gasteiger partial charge is 0.305 e. The van der Waals surface area contributed by atoms with Crippen molar-refractivity contribution >= 4 is 5.97 Å². The van der Waals surface area contributed by atoms with E-state index in [0.29, 0.717) is 18.6 Å². The summed E-state index contributed by atoms with van der Waals surface area (Å²) in [6, 6.07) is 0. The number of hydrogen-bond acceptors (Lipinski definition) is 3. The second-order valence-corrected chi connectivity index (χ2v) is 15.0. The molecule has 4 unspecified atom stereocenters. The molecule has 0 aromatic heterocycles. The molecule has 0 aromatic carbocycles. The second kappa shape index (κ2) is 31.1. The highest BCUT2D eigenvalue weighted by Gasteiger charge is 2.21. The summed E-state index contributed by atoms with van der Waals surface area (Å²) < 4.78 is 11.2. The summed E-state index contributed by atoms with van der Waals surface area (Å²) in [5.74, 6) is 1.78. The summed E-state index contributed by atoms with van der Waals surface area (Å²) in [6.07, 6.45) is 44.2. The van der Waals surface area contributed by atoms with Crippen LogP contribution < -0.4 is 0 Å². The van der Waals surface area contributed by atoms with Crippen LogP contribution in [0.4, 0.5) is 0 Å². The van der Waals surface area contributed by atoms with Crippen molar-refractivity contribution in [3.8, 4) is 0 Å². The first-order valence-electron chi connectivity index (χ1n) is 20.3. The topological polar surface area (TPSA) is 35.5 Å². The number of carbonyl (C=O) groups excluding carboxylic acids is 1. The van der Waals surface area contributed by atoms with Gasteiger partial charge in [0.1, 0.15) is 0 Å². The fourth-order valence-corrected chi connectivity index (χ4v) is 7.34. The van der Waals surface area contributed by atoms with E-state index >= 15 is 0 Å². The van der Waals surface area contributed by atoms with Gasteiger partial charge in [0.2, 0.25) is 0 Å². The first-order chi connectivity index (χ1) is 21.5. The van der Waals surface area contributed by atoms with Gasteiger partial charge in [-0.2, -0.15) is 0 Å². The van der Waals surface area contributed by atoms with E-state index in [-0.39, 0.29) is 5.97 Å². The predicted molar refractivity (Wildman–Crippen MR) is 192 cm³/mol. The molecule has 1 aliphatic heterocycles. The molecule has 44 heavy (non-hydrogen) atoms. The summed E-state index contributed by atoms with van der Waals surface area (Å²) in [5.41, 5.74) is 0. The lowest BCUT2D eigenvalue weighted by Gasteiger charge is -2.30. The molecule has 0 aliphatic carbocycles. The van der Waals surface area contributed by atoms with E-state index in [9.17, 15) is 4.79 Å². The Morgan fingerprint density at radius 2 is 0.977 bits per heavy atom. The highest BCUT2D eigenvalue weighted by Crippen LogP contribution is 2.27. The SMILES string of the molecule is CCC(C)CC(C)CCCCCCCCCCCCCCCCC1CCCC(CCCCCCCCCCCC(=O)OC)O1. The number of ether oxygens (including phenoxy) is 2. The highest BCUT2D eigenvalue weighted by molar-refractivity contribution is 5.68. The molecule has 0 N–H and O–H groups in total. The first-order valence-corrected chi connectivity index (χ1v) is 20.3. The van der Waals surface area contributed by atoms with Gasteiger partial charge in [-0.15, -0.1) is 0 Å². The van der Waals surface area contributed by atoms with Crippen molar-refractivity contribution in [1.82, 2.24) is 0 Å². The Hall–Kier alpha value is -0.570. The molecule has 1 saturated heterocycles. The molecule has 0 radical (unpaired) electrons. The minimum absolute atomic E-state index is 0.0660. The number of hydrogen-bond donors (Lipinski definition) is 0. The van der Waals surface area contributed by atoms with E-state index in [1.54, 1.807) is 0 Å². The van der Waals surface area contributed by atoms with E-state index in [4.69, 9.17) is 9.47 Å². The van der Waals surface area contributed by atoms with Crippen LogP contribution in [0.25, 0.3) is 0 Å². The van der Waals surface area contributed by atoms with E-state index < -0.39 is 0 Å². The van der Waals surface area contributed by atoms with Crippen LogP contribution in [0.1, 0.15) is 226 Å². The summed E-state index contributed by atoms with van der Waals surface area (Å²) in [4.78, 5) is 11.1. The standard InChI is InChI=1S/C41H80O3/c1-5-37(2)36-38(3)30-25-21-17-13-10-8-6-7-9-11-14-18-22-26-31-39-33-29-34-40(44-39)32-27-23-19-15-12-16-20-24-28-35-41(42)43-4/h37-40H,5-36H2,1-4H3. The minimum atomic E-state index is -0.0660. The molecule has 0 bridgehead atoms. The molecule has 0 saturated carbocycles. The van der Waals surface area contributed by atoms with Gasteiger partial charge in [-0.05, 0) is 56.8 Å². The number of rotatable bonds is 32. The van der Waals surface area contributed by atoms with Crippen LogP contribution in [-0.2, 0) is 14.3 Å². The third-order valence-electron chi connectivity index (χ3n) is 10.5.